The number of methoxy groups -OCH3 is 1. The maximum Gasteiger partial charge on any atom is 0.188 e. The Labute approximate surface area is 132 Å². The summed E-state index contributed by atoms with van der Waals surface area (Å²) in [5.41, 5.74) is 6.97. The molecule has 0 spiro atoms. The molecule has 5 nitrogen and oxygen atoms in total. The highest BCUT2D eigenvalue weighted by molar-refractivity contribution is 5.77. The molecule has 1 fully saturated rings. The monoisotopic (exact) mass is 305 g/mol. The molecule has 0 radical (unpaired) electrons. The quantitative estimate of drug-likeness (QED) is 0.417. The van der Waals surface area contributed by atoms with Gasteiger partial charge in [0.25, 0.3) is 0 Å². The van der Waals surface area contributed by atoms with Crippen molar-refractivity contribution in [3.05, 3.63) is 29.8 Å². The Hall–Kier alpha value is -1.75. The van der Waals surface area contributed by atoms with Gasteiger partial charge in [0.2, 0.25) is 0 Å². The van der Waals surface area contributed by atoms with Crippen molar-refractivity contribution in [2.24, 2.45) is 16.6 Å². The molecule has 1 aromatic rings. The summed E-state index contributed by atoms with van der Waals surface area (Å²) in [5, 5.41) is 3.13. The van der Waals surface area contributed by atoms with E-state index in [2.05, 4.69) is 10.3 Å². The molecule has 122 valence electrons. The van der Waals surface area contributed by atoms with Gasteiger partial charge in [0, 0.05) is 19.7 Å². The van der Waals surface area contributed by atoms with Gasteiger partial charge in [0.15, 0.2) is 5.96 Å². The number of aliphatic imine (C=N–C) groups is 1. The van der Waals surface area contributed by atoms with Crippen LogP contribution < -0.4 is 15.8 Å². The molecular weight excluding hydrogens is 278 g/mol. The fourth-order valence-electron chi connectivity index (χ4n) is 2.26. The zero-order valence-electron chi connectivity index (χ0n) is 13.4. The summed E-state index contributed by atoms with van der Waals surface area (Å²) in [6, 6.07) is 7.92. The number of hydrogen-bond donors (Lipinski definition) is 2. The molecule has 0 saturated heterocycles. The summed E-state index contributed by atoms with van der Waals surface area (Å²) in [4.78, 5) is 4.36. The van der Waals surface area contributed by atoms with E-state index in [0.717, 1.165) is 36.7 Å². The van der Waals surface area contributed by atoms with Crippen LogP contribution in [0.4, 0.5) is 0 Å². The molecule has 1 aliphatic rings. The largest absolute Gasteiger partial charge is 0.497 e. The zero-order chi connectivity index (χ0) is 15.6. The second-order valence-electron chi connectivity index (χ2n) is 5.70. The van der Waals surface area contributed by atoms with E-state index in [1.165, 1.54) is 19.3 Å². The van der Waals surface area contributed by atoms with Crippen LogP contribution >= 0.6 is 0 Å². The number of nitrogens with zero attached hydrogens (tertiary/aromatic N) is 1. The number of hydrogen-bond acceptors (Lipinski definition) is 3. The van der Waals surface area contributed by atoms with Crippen molar-refractivity contribution >= 4 is 5.96 Å². The van der Waals surface area contributed by atoms with E-state index in [0.29, 0.717) is 19.2 Å². The number of ether oxygens (including phenoxy) is 2. The minimum absolute atomic E-state index is 0.557. The molecule has 2 rings (SSSR count). The third kappa shape index (κ3) is 5.93. The Kier molecular flexibility index (Phi) is 7.03. The number of benzene rings is 1. The van der Waals surface area contributed by atoms with E-state index in [9.17, 15) is 0 Å². The van der Waals surface area contributed by atoms with Crippen LogP contribution in [0.2, 0.25) is 0 Å². The van der Waals surface area contributed by atoms with E-state index in [1.54, 1.807) is 7.11 Å². The minimum Gasteiger partial charge on any atom is -0.497 e. The van der Waals surface area contributed by atoms with Gasteiger partial charge in [-0.05, 0) is 42.9 Å². The smallest absolute Gasteiger partial charge is 0.188 e. The number of rotatable bonds is 9. The molecule has 22 heavy (non-hydrogen) atoms. The Balaban J connectivity index is 1.49. The predicted molar refractivity (Wildman–Crippen MR) is 89.1 cm³/mol. The summed E-state index contributed by atoms with van der Waals surface area (Å²) in [7, 11) is 1.67. The van der Waals surface area contributed by atoms with E-state index in [1.807, 2.05) is 24.3 Å². The second kappa shape index (κ2) is 9.30. The lowest BCUT2D eigenvalue weighted by Gasteiger charge is -2.23. The molecule has 5 heteroatoms. The van der Waals surface area contributed by atoms with E-state index in [4.69, 9.17) is 15.2 Å². The lowest BCUT2D eigenvalue weighted by Crippen LogP contribution is -2.33. The van der Waals surface area contributed by atoms with Gasteiger partial charge in [-0.15, -0.1) is 0 Å². The van der Waals surface area contributed by atoms with Gasteiger partial charge in [-0.2, -0.15) is 0 Å². The highest BCUT2D eigenvalue weighted by Crippen LogP contribution is 2.26. The zero-order valence-corrected chi connectivity index (χ0v) is 13.4. The molecule has 0 aromatic heterocycles. The first-order valence-electron chi connectivity index (χ1n) is 8.02. The molecule has 0 unspecified atom stereocenters. The first-order valence-corrected chi connectivity index (χ1v) is 8.02. The van der Waals surface area contributed by atoms with E-state index < -0.39 is 0 Å². The van der Waals surface area contributed by atoms with E-state index >= 15 is 0 Å². The van der Waals surface area contributed by atoms with Crippen molar-refractivity contribution in [1.29, 1.82) is 0 Å². The van der Waals surface area contributed by atoms with Gasteiger partial charge in [0.1, 0.15) is 5.75 Å². The van der Waals surface area contributed by atoms with Gasteiger partial charge >= 0.3 is 0 Å². The van der Waals surface area contributed by atoms with Gasteiger partial charge in [-0.25, -0.2) is 0 Å². The lowest BCUT2D eigenvalue weighted by molar-refractivity contribution is 0.119. The van der Waals surface area contributed by atoms with Crippen molar-refractivity contribution in [3.63, 3.8) is 0 Å². The fourth-order valence-corrected chi connectivity index (χ4v) is 2.26. The summed E-state index contributed by atoms with van der Waals surface area (Å²) in [6.45, 7) is 2.99. The van der Waals surface area contributed by atoms with Crippen LogP contribution in [-0.4, -0.2) is 32.8 Å². The summed E-state index contributed by atoms with van der Waals surface area (Å²) in [6.07, 6.45) is 4.86. The fraction of sp³-hybridized carbons (Fsp3) is 0.588. The molecular formula is C17H27N3O2. The molecule has 0 heterocycles. The summed E-state index contributed by atoms with van der Waals surface area (Å²) >= 11 is 0. The van der Waals surface area contributed by atoms with Crippen LogP contribution in [0.15, 0.2) is 29.3 Å². The lowest BCUT2D eigenvalue weighted by atomic mass is 9.86. The van der Waals surface area contributed by atoms with E-state index in [-0.39, 0.29) is 0 Å². The Morgan fingerprint density at radius 1 is 1.32 bits per heavy atom. The molecule has 0 aliphatic heterocycles. The van der Waals surface area contributed by atoms with Crippen molar-refractivity contribution < 1.29 is 9.47 Å². The van der Waals surface area contributed by atoms with Crippen LogP contribution in [0, 0.1) is 5.92 Å². The standard InChI is InChI=1S/C17H27N3O2/c1-21-16-8-6-15(7-9-16)13-22-11-3-10-19-17(18)20-12-14-4-2-5-14/h6-9,14H,2-5,10-13H2,1H3,(H3,18,19,20). The average molecular weight is 305 g/mol. The molecule has 1 aliphatic carbocycles. The van der Waals surface area contributed by atoms with Crippen molar-refractivity contribution in [2.75, 3.05) is 26.8 Å². The van der Waals surface area contributed by atoms with Gasteiger partial charge in [-0.1, -0.05) is 18.6 Å². The minimum atomic E-state index is 0.557. The highest BCUT2D eigenvalue weighted by atomic mass is 16.5. The molecule has 0 bridgehead atoms. The molecule has 0 atom stereocenters. The first kappa shape index (κ1) is 16.6. The number of nitrogens with one attached hydrogen (secondary N) is 1. The van der Waals surface area contributed by atoms with Crippen LogP contribution in [0.1, 0.15) is 31.2 Å². The summed E-state index contributed by atoms with van der Waals surface area (Å²) in [5.74, 6) is 2.18. The maximum atomic E-state index is 5.82. The molecule has 1 saturated carbocycles. The second-order valence-corrected chi connectivity index (χ2v) is 5.70. The van der Waals surface area contributed by atoms with Gasteiger partial charge in [0.05, 0.1) is 13.7 Å². The van der Waals surface area contributed by atoms with Gasteiger partial charge < -0.3 is 20.5 Å². The average Bonchev–Trinajstić information content (AvgIpc) is 2.50. The maximum absolute atomic E-state index is 5.82. The Bertz CT molecular complexity index is 455. The van der Waals surface area contributed by atoms with Crippen molar-refractivity contribution in [2.45, 2.75) is 32.3 Å². The van der Waals surface area contributed by atoms with Gasteiger partial charge in [-0.3, -0.25) is 4.99 Å². The Morgan fingerprint density at radius 2 is 2.09 bits per heavy atom. The molecule has 1 aromatic carbocycles. The van der Waals surface area contributed by atoms with Crippen LogP contribution in [0.3, 0.4) is 0 Å². The predicted octanol–water partition coefficient (Wildman–Crippen LogP) is 2.31. The van der Waals surface area contributed by atoms with Crippen LogP contribution in [0.5, 0.6) is 5.75 Å². The topological polar surface area (TPSA) is 68.9 Å². The normalized spacial score (nSPS) is 15.4. The SMILES string of the molecule is COc1ccc(COCCCNC(N)=NCC2CCC2)cc1. The molecule has 0 amide bonds. The first-order chi connectivity index (χ1) is 10.8. The van der Waals surface area contributed by atoms with Crippen molar-refractivity contribution in [1.82, 2.24) is 5.32 Å². The number of nitrogens with two attached hydrogens (primary N) is 1. The van der Waals surface area contributed by atoms with Crippen molar-refractivity contribution in [3.8, 4) is 5.75 Å². The third-order valence-electron chi connectivity index (χ3n) is 3.94. The summed E-state index contributed by atoms with van der Waals surface area (Å²) < 4.78 is 10.8. The molecule has 3 N–H and O–H groups in total. The Morgan fingerprint density at radius 3 is 2.73 bits per heavy atom. The highest BCUT2D eigenvalue weighted by Gasteiger charge is 2.16. The number of guanidine groups is 1. The van der Waals surface area contributed by atoms with Crippen LogP contribution in [0.25, 0.3) is 0 Å². The van der Waals surface area contributed by atoms with Crippen LogP contribution in [-0.2, 0) is 11.3 Å². The third-order valence-corrected chi connectivity index (χ3v) is 3.94.